The van der Waals surface area contributed by atoms with Crippen molar-refractivity contribution in [2.75, 3.05) is 20.3 Å². The maximum Gasteiger partial charge on any atom is 0.167 e. The van der Waals surface area contributed by atoms with Gasteiger partial charge in [-0.3, -0.25) is 0 Å². The molecular formula is C20H32O3. The average Bonchev–Trinajstić information content (AvgIpc) is 2.60. The molecule has 2 heterocycles. The summed E-state index contributed by atoms with van der Waals surface area (Å²) >= 11 is 0. The molecule has 3 heteroatoms. The quantitative estimate of drug-likeness (QED) is 0.776. The Bertz CT molecular complexity index is 453. The first-order valence-electron chi connectivity index (χ1n) is 8.89. The normalized spacial score (nSPS) is 34.3. The predicted octanol–water partition coefficient (Wildman–Crippen LogP) is 4.90. The number of hydrogen-bond acceptors (Lipinski definition) is 3. The summed E-state index contributed by atoms with van der Waals surface area (Å²) in [5, 5.41) is 0. The lowest BCUT2D eigenvalue weighted by molar-refractivity contribution is -0.256. The first-order chi connectivity index (χ1) is 11.0. The van der Waals surface area contributed by atoms with Gasteiger partial charge in [-0.25, -0.2) is 0 Å². The summed E-state index contributed by atoms with van der Waals surface area (Å²) in [6, 6.07) is 10.5. The zero-order valence-electron chi connectivity index (χ0n) is 15.1. The van der Waals surface area contributed by atoms with E-state index in [0.717, 1.165) is 19.6 Å². The summed E-state index contributed by atoms with van der Waals surface area (Å²) in [6.45, 7) is 8.13. The van der Waals surface area contributed by atoms with Crippen LogP contribution in [-0.4, -0.2) is 26.1 Å². The second-order valence-corrected chi connectivity index (χ2v) is 7.01. The van der Waals surface area contributed by atoms with Crippen LogP contribution in [0.2, 0.25) is 0 Å². The van der Waals surface area contributed by atoms with Gasteiger partial charge < -0.3 is 14.2 Å². The van der Waals surface area contributed by atoms with Crippen LogP contribution < -0.4 is 0 Å². The molecule has 130 valence electrons. The smallest absolute Gasteiger partial charge is 0.167 e. The van der Waals surface area contributed by atoms with E-state index in [4.69, 9.17) is 14.2 Å². The number of ether oxygens (including phenoxy) is 3. The molecule has 0 radical (unpaired) electrons. The molecule has 2 aliphatic heterocycles. The van der Waals surface area contributed by atoms with E-state index in [2.05, 4.69) is 44.2 Å². The van der Waals surface area contributed by atoms with Crippen LogP contribution in [0.3, 0.4) is 0 Å². The van der Waals surface area contributed by atoms with E-state index < -0.39 is 0 Å². The third-order valence-electron chi connectivity index (χ3n) is 5.32. The Morgan fingerprint density at radius 1 is 1.00 bits per heavy atom. The second kappa shape index (κ2) is 8.27. The van der Waals surface area contributed by atoms with Crippen LogP contribution in [-0.2, 0) is 19.8 Å². The molecule has 0 saturated carbocycles. The number of hydrogen-bond donors (Lipinski definition) is 0. The van der Waals surface area contributed by atoms with Crippen molar-refractivity contribution in [2.45, 2.75) is 64.3 Å². The summed E-state index contributed by atoms with van der Waals surface area (Å²) in [4.78, 5) is 0. The van der Waals surface area contributed by atoms with Gasteiger partial charge in [0.25, 0.3) is 0 Å². The zero-order chi connectivity index (χ0) is 16.8. The maximum atomic E-state index is 5.85. The Labute approximate surface area is 141 Å². The van der Waals surface area contributed by atoms with Gasteiger partial charge in [-0.1, -0.05) is 37.3 Å². The Balaban J connectivity index is 0.000000174. The van der Waals surface area contributed by atoms with E-state index >= 15 is 0 Å². The minimum atomic E-state index is -0.321. The molecule has 0 aromatic heterocycles. The van der Waals surface area contributed by atoms with Gasteiger partial charge in [-0.2, -0.15) is 0 Å². The summed E-state index contributed by atoms with van der Waals surface area (Å²) in [5.74, 6) is 0.198. The highest BCUT2D eigenvalue weighted by Gasteiger charge is 2.34. The van der Waals surface area contributed by atoms with Crippen LogP contribution in [0.25, 0.3) is 0 Å². The lowest BCUT2D eigenvalue weighted by Crippen LogP contribution is -2.41. The first kappa shape index (κ1) is 18.4. The Kier molecular flexibility index (Phi) is 6.63. The Morgan fingerprint density at radius 2 is 1.70 bits per heavy atom. The van der Waals surface area contributed by atoms with Crippen LogP contribution in [0.1, 0.15) is 58.4 Å². The fourth-order valence-corrected chi connectivity index (χ4v) is 3.28. The monoisotopic (exact) mass is 320 g/mol. The third kappa shape index (κ3) is 4.79. The highest BCUT2D eigenvalue weighted by molar-refractivity contribution is 5.22. The molecule has 0 amide bonds. The van der Waals surface area contributed by atoms with Gasteiger partial charge >= 0.3 is 0 Å². The van der Waals surface area contributed by atoms with Crippen molar-refractivity contribution in [1.29, 1.82) is 0 Å². The van der Waals surface area contributed by atoms with Crippen molar-refractivity contribution in [2.24, 2.45) is 5.92 Å². The van der Waals surface area contributed by atoms with Gasteiger partial charge in [-0.15, -0.1) is 0 Å². The van der Waals surface area contributed by atoms with Gasteiger partial charge in [-0.05, 0) is 51.5 Å². The summed E-state index contributed by atoms with van der Waals surface area (Å²) < 4.78 is 16.6. The van der Waals surface area contributed by atoms with Gasteiger partial charge in [0.15, 0.2) is 5.79 Å². The molecule has 2 fully saturated rings. The van der Waals surface area contributed by atoms with Gasteiger partial charge in [0.05, 0.1) is 12.2 Å². The standard InChI is InChI=1S/C12H16O.C8H16O2/c1-12(9-5-6-10-13-12)11-7-3-2-4-8-11;1-7-5-4-6-10-8(7,2)9-3/h2-4,7-8H,5-6,9-10H2,1H3;7H,4-6H2,1-3H3. The Hall–Kier alpha value is -0.900. The van der Waals surface area contributed by atoms with E-state index in [0.29, 0.717) is 5.92 Å². The molecule has 23 heavy (non-hydrogen) atoms. The largest absolute Gasteiger partial charge is 0.371 e. The van der Waals surface area contributed by atoms with E-state index in [1.54, 1.807) is 7.11 Å². The molecular weight excluding hydrogens is 288 g/mol. The highest BCUT2D eigenvalue weighted by Crippen LogP contribution is 2.34. The lowest BCUT2D eigenvalue weighted by atomic mass is 9.88. The molecule has 0 aliphatic carbocycles. The molecule has 2 saturated heterocycles. The van der Waals surface area contributed by atoms with Crippen molar-refractivity contribution >= 4 is 0 Å². The molecule has 1 aromatic rings. The van der Waals surface area contributed by atoms with Crippen molar-refractivity contribution < 1.29 is 14.2 Å². The van der Waals surface area contributed by atoms with Crippen LogP contribution in [0.5, 0.6) is 0 Å². The van der Waals surface area contributed by atoms with Crippen LogP contribution in [0.15, 0.2) is 30.3 Å². The SMILES string of the molecule is CC1(c2ccccc2)CCCCO1.COC1(C)OCCCC1C. The molecule has 0 bridgehead atoms. The van der Waals surface area contributed by atoms with Gasteiger partial charge in [0, 0.05) is 19.6 Å². The van der Waals surface area contributed by atoms with Crippen LogP contribution in [0.4, 0.5) is 0 Å². The van der Waals surface area contributed by atoms with Crippen molar-refractivity contribution in [1.82, 2.24) is 0 Å². The fraction of sp³-hybridized carbons (Fsp3) is 0.700. The third-order valence-corrected chi connectivity index (χ3v) is 5.32. The van der Waals surface area contributed by atoms with Crippen LogP contribution >= 0.6 is 0 Å². The average molecular weight is 320 g/mol. The van der Waals surface area contributed by atoms with Gasteiger partial charge in [0.1, 0.15) is 0 Å². The molecule has 1 aromatic carbocycles. The molecule has 3 rings (SSSR count). The van der Waals surface area contributed by atoms with Crippen molar-refractivity contribution in [3.63, 3.8) is 0 Å². The topological polar surface area (TPSA) is 27.7 Å². The summed E-state index contributed by atoms with van der Waals surface area (Å²) in [5.41, 5.74) is 1.29. The zero-order valence-corrected chi connectivity index (χ0v) is 15.1. The fourth-order valence-electron chi connectivity index (χ4n) is 3.28. The highest BCUT2D eigenvalue weighted by atomic mass is 16.7. The van der Waals surface area contributed by atoms with E-state index in [-0.39, 0.29) is 11.4 Å². The second-order valence-electron chi connectivity index (χ2n) is 7.01. The van der Waals surface area contributed by atoms with Gasteiger partial charge in [0.2, 0.25) is 0 Å². The molecule has 2 aliphatic rings. The summed E-state index contributed by atoms with van der Waals surface area (Å²) in [7, 11) is 1.71. The number of benzene rings is 1. The summed E-state index contributed by atoms with van der Waals surface area (Å²) in [6.07, 6.45) is 6.02. The minimum Gasteiger partial charge on any atom is -0.371 e. The first-order valence-corrected chi connectivity index (χ1v) is 8.89. The molecule has 0 N–H and O–H groups in total. The van der Waals surface area contributed by atoms with Crippen LogP contribution in [0, 0.1) is 5.92 Å². The number of methoxy groups -OCH3 is 1. The predicted molar refractivity (Wildman–Crippen MR) is 93.4 cm³/mol. The lowest BCUT2D eigenvalue weighted by Gasteiger charge is -2.37. The van der Waals surface area contributed by atoms with E-state index in [9.17, 15) is 0 Å². The molecule has 3 nitrogen and oxygen atoms in total. The van der Waals surface area contributed by atoms with Crippen molar-refractivity contribution in [3.05, 3.63) is 35.9 Å². The molecule has 0 spiro atoms. The minimum absolute atomic E-state index is 0.0283. The van der Waals surface area contributed by atoms with Crippen molar-refractivity contribution in [3.8, 4) is 0 Å². The Morgan fingerprint density at radius 3 is 2.22 bits per heavy atom. The molecule has 3 atom stereocenters. The maximum absolute atomic E-state index is 5.85. The number of rotatable bonds is 2. The van der Waals surface area contributed by atoms with E-state index in [1.807, 2.05) is 6.92 Å². The van der Waals surface area contributed by atoms with E-state index in [1.165, 1.54) is 31.2 Å². The molecule has 3 unspecified atom stereocenters.